The van der Waals surface area contributed by atoms with Crippen LogP contribution in [0.25, 0.3) is 0 Å². The summed E-state index contributed by atoms with van der Waals surface area (Å²) in [6.07, 6.45) is 3.72. The van der Waals surface area contributed by atoms with Gasteiger partial charge in [-0.1, -0.05) is 0 Å². The Bertz CT molecular complexity index is 562. The summed E-state index contributed by atoms with van der Waals surface area (Å²) in [6.45, 7) is 4.87. The molecule has 2 atom stereocenters. The number of carbonyl (C=O) groups excluding carboxylic acids is 2. The number of Topliss-reactive ketones (excluding diaryl/α,β-unsaturated/α-hetero) is 2. The number of hydrogen-bond donors (Lipinski definition) is 0. The van der Waals surface area contributed by atoms with E-state index in [1.165, 1.54) is 0 Å². The second-order valence-electron chi connectivity index (χ2n) is 9.00. The molecule has 6 fully saturated rings. The van der Waals surface area contributed by atoms with Crippen LogP contribution in [-0.2, 0) is 28.5 Å². The summed E-state index contributed by atoms with van der Waals surface area (Å²) in [5.41, 5.74) is -1.40. The molecular weight excluding hydrogens is 376 g/mol. The smallest absolute Gasteiger partial charge is 0.160 e. The average Bonchev–Trinajstić information content (AvgIpc) is 2.75. The second-order valence-corrected chi connectivity index (χ2v) is 9.00. The topological polar surface area (TPSA) is 77.5 Å². The molecule has 0 aliphatic carbocycles. The predicted molar refractivity (Wildman–Crippen MR) is 105 cm³/mol. The molecule has 0 unspecified atom stereocenters. The highest BCUT2D eigenvalue weighted by Gasteiger charge is 2.54. The lowest BCUT2D eigenvalue weighted by Gasteiger charge is -2.52. The van der Waals surface area contributed by atoms with Gasteiger partial charge < -0.3 is 18.9 Å². The Balaban J connectivity index is 1.34. The zero-order valence-corrected chi connectivity index (χ0v) is 17.7. The van der Waals surface area contributed by atoms with Gasteiger partial charge in [0.15, 0.2) is 11.6 Å². The van der Waals surface area contributed by atoms with E-state index in [0.29, 0.717) is 13.2 Å². The minimum Gasteiger partial charge on any atom is -0.382 e. The maximum absolute atomic E-state index is 13.0. The standard InChI is InChI=1S/C21H34N2O6/c1-26-11-20(18(24)16-3-7-22(20)8-4-16)13-28-15-29-14-21(12-27-2)19(25)17-5-9-23(21)10-6-17/h16-17H,3-15H2,1-2H3/t20-,21-/m0/s1. The van der Waals surface area contributed by atoms with Crippen molar-refractivity contribution in [3.8, 4) is 0 Å². The second kappa shape index (κ2) is 8.69. The number of rotatable bonds is 10. The highest BCUT2D eigenvalue weighted by Crippen LogP contribution is 2.38. The zero-order valence-electron chi connectivity index (χ0n) is 17.7. The Morgan fingerprint density at radius 1 is 0.724 bits per heavy atom. The van der Waals surface area contributed by atoms with Gasteiger partial charge in [-0.2, -0.15) is 0 Å². The van der Waals surface area contributed by atoms with Crippen LogP contribution in [0.5, 0.6) is 0 Å². The molecule has 0 saturated carbocycles. The van der Waals surface area contributed by atoms with E-state index >= 15 is 0 Å². The molecule has 6 aliphatic heterocycles. The van der Waals surface area contributed by atoms with Crippen molar-refractivity contribution in [2.75, 3.05) is 73.6 Å². The lowest BCUT2D eigenvalue weighted by molar-refractivity contribution is -0.179. The van der Waals surface area contributed by atoms with Gasteiger partial charge in [0, 0.05) is 26.1 Å². The van der Waals surface area contributed by atoms with E-state index in [9.17, 15) is 9.59 Å². The van der Waals surface area contributed by atoms with Crippen LogP contribution >= 0.6 is 0 Å². The Kier molecular flexibility index (Phi) is 6.39. The van der Waals surface area contributed by atoms with Crippen LogP contribution in [0.4, 0.5) is 0 Å². The van der Waals surface area contributed by atoms with Gasteiger partial charge >= 0.3 is 0 Å². The predicted octanol–water partition coefficient (Wildman–Crippen LogP) is 0.337. The number of hydrogen-bond acceptors (Lipinski definition) is 8. The first-order valence-electron chi connectivity index (χ1n) is 10.8. The van der Waals surface area contributed by atoms with Crippen LogP contribution in [0.3, 0.4) is 0 Å². The highest BCUT2D eigenvalue weighted by atomic mass is 16.7. The van der Waals surface area contributed by atoms with E-state index in [0.717, 1.165) is 51.9 Å². The Labute approximate surface area is 172 Å². The molecule has 0 aromatic heterocycles. The molecule has 29 heavy (non-hydrogen) atoms. The molecule has 0 aromatic carbocycles. The Morgan fingerprint density at radius 2 is 1.10 bits per heavy atom. The first-order valence-corrected chi connectivity index (χ1v) is 10.8. The van der Waals surface area contributed by atoms with Crippen molar-refractivity contribution in [1.82, 2.24) is 9.80 Å². The maximum Gasteiger partial charge on any atom is 0.160 e. The first-order chi connectivity index (χ1) is 14.1. The lowest BCUT2D eigenvalue weighted by Crippen LogP contribution is -2.69. The van der Waals surface area contributed by atoms with Crippen molar-refractivity contribution in [2.45, 2.75) is 36.8 Å². The largest absolute Gasteiger partial charge is 0.382 e. The van der Waals surface area contributed by atoms with Gasteiger partial charge in [0.1, 0.15) is 17.9 Å². The summed E-state index contributed by atoms with van der Waals surface area (Å²) < 4.78 is 22.5. The Hall–Kier alpha value is -0.900. The van der Waals surface area contributed by atoms with E-state index in [1.54, 1.807) is 14.2 Å². The monoisotopic (exact) mass is 410 g/mol. The van der Waals surface area contributed by atoms with Crippen LogP contribution in [0, 0.1) is 11.8 Å². The third kappa shape index (κ3) is 3.58. The zero-order chi connectivity index (χ0) is 20.5. The van der Waals surface area contributed by atoms with E-state index in [4.69, 9.17) is 18.9 Å². The average molecular weight is 411 g/mol. The van der Waals surface area contributed by atoms with Crippen molar-refractivity contribution in [3.63, 3.8) is 0 Å². The number of ketones is 2. The van der Waals surface area contributed by atoms with Gasteiger partial charge in [-0.05, 0) is 51.9 Å². The molecule has 8 heteroatoms. The molecular formula is C21H34N2O6. The van der Waals surface area contributed by atoms with Crippen molar-refractivity contribution in [3.05, 3.63) is 0 Å². The van der Waals surface area contributed by atoms with E-state index < -0.39 is 11.1 Å². The molecule has 0 spiro atoms. The van der Waals surface area contributed by atoms with Crippen LogP contribution in [-0.4, -0.2) is 106 Å². The van der Waals surface area contributed by atoms with Gasteiger partial charge in [-0.15, -0.1) is 0 Å². The summed E-state index contributed by atoms with van der Waals surface area (Å²) in [7, 11) is 3.25. The molecule has 0 amide bonds. The van der Waals surface area contributed by atoms with Gasteiger partial charge in [0.2, 0.25) is 0 Å². The van der Waals surface area contributed by atoms with Gasteiger partial charge in [0.05, 0.1) is 26.4 Å². The molecule has 6 rings (SSSR count). The normalized spacial score (nSPS) is 41.3. The molecule has 0 N–H and O–H groups in total. The van der Waals surface area contributed by atoms with Gasteiger partial charge in [-0.25, -0.2) is 0 Å². The van der Waals surface area contributed by atoms with E-state index in [1.807, 2.05) is 0 Å². The van der Waals surface area contributed by atoms with Crippen molar-refractivity contribution in [2.24, 2.45) is 11.8 Å². The van der Waals surface area contributed by atoms with Crippen molar-refractivity contribution >= 4 is 11.6 Å². The lowest BCUT2D eigenvalue weighted by atomic mass is 9.74. The molecule has 4 bridgehead atoms. The summed E-state index contributed by atoms with van der Waals surface area (Å²) in [6, 6.07) is 0. The molecule has 0 radical (unpaired) electrons. The third-order valence-electron chi connectivity index (χ3n) is 7.47. The quantitative estimate of drug-likeness (QED) is 0.377. The Morgan fingerprint density at radius 3 is 1.41 bits per heavy atom. The molecule has 6 saturated heterocycles. The van der Waals surface area contributed by atoms with E-state index in [2.05, 4.69) is 9.80 Å². The SMILES string of the molecule is COC[C@]1(COCOC[C@@]2(COC)C(=O)C3CCN2CC3)C(=O)C2CCN1CC2. The number of fused-ring (bicyclic) bond motifs is 6. The molecule has 164 valence electrons. The summed E-state index contributed by atoms with van der Waals surface area (Å²) in [5.74, 6) is 0.706. The van der Waals surface area contributed by atoms with Crippen LogP contribution < -0.4 is 0 Å². The fourth-order valence-corrected chi connectivity index (χ4v) is 5.90. The third-order valence-corrected chi connectivity index (χ3v) is 7.47. The number of carbonyl (C=O) groups is 2. The number of methoxy groups -OCH3 is 2. The number of piperidine rings is 6. The van der Waals surface area contributed by atoms with Crippen LogP contribution in [0.15, 0.2) is 0 Å². The molecule has 6 aliphatic rings. The molecule has 6 heterocycles. The minimum atomic E-state index is -0.702. The number of ether oxygens (including phenoxy) is 4. The van der Waals surface area contributed by atoms with Crippen molar-refractivity contribution in [1.29, 1.82) is 0 Å². The summed E-state index contributed by atoms with van der Waals surface area (Å²) in [4.78, 5) is 30.3. The maximum atomic E-state index is 13.0. The summed E-state index contributed by atoms with van der Waals surface area (Å²) >= 11 is 0. The van der Waals surface area contributed by atoms with E-state index in [-0.39, 0.29) is 43.4 Å². The number of nitrogens with zero attached hydrogens (tertiary/aromatic N) is 2. The van der Waals surface area contributed by atoms with Gasteiger partial charge in [-0.3, -0.25) is 19.4 Å². The molecule has 8 nitrogen and oxygen atoms in total. The first kappa shape index (κ1) is 21.3. The minimum absolute atomic E-state index is 0.0501. The highest BCUT2D eigenvalue weighted by molar-refractivity contribution is 5.93. The summed E-state index contributed by atoms with van der Waals surface area (Å²) in [5, 5.41) is 0. The van der Waals surface area contributed by atoms with Crippen LogP contribution in [0.1, 0.15) is 25.7 Å². The fourth-order valence-electron chi connectivity index (χ4n) is 5.90. The van der Waals surface area contributed by atoms with Gasteiger partial charge in [0.25, 0.3) is 0 Å². The van der Waals surface area contributed by atoms with Crippen LogP contribution in [0.2, 0.25) is 0 Å². The van der Waals surface area contributed by atoms with Crippen molar-refractivity contribution < 1.29 is 28.5 Å². The molecule has 0 aromatic rings. The fraction of sp³-hybridized carbons (Fsp3) is 0.905.